The lowest BCUT2D eigenvalue weighted by Crippen LogP contribution is -2.60. The van der Waals surface area contributed by atoms with Crippen LogP contribution in [0, 0.1) is 0 Å². The van der Waals surface area contributed by atoms with Gasteiger partial charge in [-0.3, -0.25) is 28.8 Å². The number of primary amides is 1. The van der Waals surface area contributed by atoms with Gasteiger partial charge in [0.15, 0.2) is 0 Å². The molecule has 9 N–H and O–H groups in total. The number of amides is 5. The Labute approximate surface area is 394 Å². The summed E-state index contributed by atoms with van der Waals surface area (Å²) >= 11 is 1.35. The van der Waals surface area contributed by atoms with Gasteiger partial charge in [0.2, 0.25) is 29.5 Å². The average Bonchev–Trinajstić information content (AvgIpc) is 3.27. The summed E-state index contributed by atoms with van der Waals surface area (Å²) in [4.78, 5) is 87.2. The third kappa shape index (κ3) is 36.4. The molecule has 0 aliphatic carbocycles. The normalized spacial score (nSPS) is 13.0. The van der Waals surface area contributed by atoms with Crippen LogP contribution in [0.1, 0.15) is 206 Å². The molecular weight excluding hydrogens is 855 g/mol. The van der Waals surface area contributed by atoms with Gasteiger partial charge in [-0.15, -0.1) is 0 Å². The molecule has 0 aromatic heterocycles. The van der Waals surface area contributed by atoms with Gasteiger partial charge in [0.1, 0.15) is 24.2 Å². The van der Waals surface area contributed by atoms with E-state index in [1.54, 1.807) is 0 Å². The largest absolute Gasteiger partial charge is 0.480 e. The van der Waals surface area contributed by atoms with Crippen LogP contribution in [-0.2, 0) is 38.3 Å². The Morgan fingerprint density at radius 3 is 1.25 bits per heavy atom. The molecule has 0 aromatic rings. The molecule has 0 saturated heterocycles. The molecule has 0 spiro atoms. The second kappa shape index (κ2) is 43.1. The number of carbonyl (C=O) groups excluding carboxylic acids is 6. The number of aliphatic carboxylic acids is 1. The number of thioether (sulfide) groups is 1. The Bertz CT molecular complexity index is 1290. The van der Waals surface area contributed by atoms with Crippen molar-refractivity contribution in [2.45, 2.75) is 231 Å². The third-order valence-corrected chi connectivity index (χ3v) is 12.4. The van der Waals surface area contributed by atoms with E-state index in [1.807, 2.05) is 5.32 Å². The monoisotopic (exact) mass is 944 g/mol. The number of nitrogens with one attached hydrogen (secondary N) is 4. The summed E-state index contributed by atoms with van der Waals surface area (Å²) in [6.45, 7) is 2.79. The SMILES string of the molecule is CCCCCCCCCCCCCCCC(=O)N[C@@H](CSCCCOC(=O)CCCCCCCCCCCCCCC)C(=O)N[C@@H](CO)C(=O)N[C@@H](CO)C(=O)N[C@@H](CC(N)=O)C(=O)O. The number of hydrogen-bond acceptors (Lipinski definition) is 11. The lowest BCUT2D eigenvalue weighted by Gasteiger charge is -2.24. The average molecular weight is 944 g/mol. The van der Waals surface area contributed by atoms with Crippen molar-refractivity contribution in [3.63, 3.8) is 0 Å². The second-order valence-electron chi connectivity index (χ2n) is 17.3. The van der Waals surface area contributed by atoms with Crippen molar-refractivity contribution in [3.8, 4) is 0 Å². The fourth-order valence-electron chi connectivity index (χ4n) is 7.27. The molecule has 378 valence electrons. The van der Waals surface area contributed by atoms with Gasteiger partial charge in [0, 0.05) is 18.6 Å². The van der Waals surface area contributed by atoms with E-state index < -0.39 is 73.4 Å². The highest BCUT2D eigenvalue weighted by Crippen LogP contribution is 2.15. The number of nitrogens with two attached hydrogens (primary N) is 1. The minimum Gasteiger partial charge on any atom is -0.480 e. The zero-order valence-electron chi connectivity index (χ0n) is 40.2. The van der Waals surface area contributed by atoms with E-state index in [-0.39, 0.29) is 30.7 Å². The minimum atomic E-state index is -1.72. The summed E-state index contributed by atoms with van der Waals surface area (Å²) in [6, 6.07) is -6.12. The standard InChI is InChI=1S/C48H89N5O11S/c1-3-5-7-9-11-13-15-17-19-21-23-25-27-30-43(57)50-41(37-65-33-29-32-64-44(58)31-28-26-24-22-20-18-16-14-12-10-8-6-4-2)47(61)53-40(36-55)46(60)52-39(35-54)45(59)51-38(48(62)63)34-42(49)56/h38-41,54-55H,3-37H2,1-2H3,(H2,49,56)(H,50,57)(H,51,59)(H,52,60)(H,53,61)(H,62,63)/t38-,39-,40-,41-/m0/s1. The molecule has 0 saturated carbocycles. The van der Waals surface area contributed by atoms with Crippen molar-refractivity contribution >= 4 is 53.2 Å². The fourth-order valence-corrected chi connectivity index (χ4v) is 8.23. The number of aliphatic hydroxyl groups is 2. The van der Waals surface area contributed by atoms with E-state index in [1.165, 1.54) is 134 Å². The highest BCUT2D eigenvalue weighted by molar-refractivity contribution is 7.99. The molecule has 0 rings (SSSR count). The van der Waals surface area contributed by atoms with Crippen LogP contribution in [0.5, 0.6) is 0 Å². The number of aliphatic hydroxyl groups excluding tert-OH is 2. The van der Waals surface area contributed by atoms with E-state index in [9.17, 15) is 48.9 Å². The molecule has 0 heterocycles. The molecule has 0 unspecified atom stereocenters. The summed E-state index contributed by atoms with van der Waals surface area (Å²) in [5.74, 6) is -5.52. The van der Waals surface area contributed by atoms with Crippen molar-refractivity contribution in [2.24, 2.45) is 5.73 Å². The molecule has 0 radical (unpaired) electrons. The van der Waals surface area contributed by atoms with Crippen LogP contribution in [0.25, 0.3) is 0 Å². The van der Waals surface area contributed by atoms with Crippen molar-refractivity contribution in [2.75, 3.05) is 31.3 Å². The molecular formula is C48H89N5O11S. The summed E-state index contributed by atoms with van der Waals surface area (Å²) in [5, 5.41) is 38.4. The summed E-state index contributed by atoms with van der Waals surface area (Å²) < 4.78 is 5.41. The Balaban J connectivity index is 4.97. The molecule has 0 fully saturated rings. The molecule has 0 aromatic carbocycles. The number of esters is 1. The van der Waals surface area contributed by atoms with Crippen LogP contribution in [0.2, 0.25) is 0 Å². The van der Waals surface area contributed by atoms with Crippen LogP contribution < -0.4 is 27.0 Å². The van der Waals surface area contributed by atoms with E-state index in [0.717, 1.165) is 38.5 Å². The quantitative estimate of drug-likeness (QED) is 0.0240. The molecule has 17 heteroatoms. The first kappa shape index (κ1) is 61.6. The van der Waals surface area contributed by atoms with Gasteiger partial charge in [-0.1, -0.05) is 168 Å². The first-order valence-electron chi connectivity index (χ1n) is 25.1. The molecule has 5 amide bonds. The minimum absolute atomic E-state index is 0.112. The zero-order chi connectivity index (χ0) is 48.3. The van der Waals surface area contributed by atoms with Gasteiger partial charge in [-0.05, 0) is 25.0 Å². The Kier molecular flexibility index (Phi) is 40.9. The van der Waals surface area contributed by atoms with E-state index in [2.05, 4.69) is 29.8 Å². The van der Waals surface area contributed by atoms with Crippen LogP contribution in [0.4, 0.5) is 0 Å². The molecule has 0 aliphatic rings. The van der Waals surface area contributed by atoms with Crippen LogP contribution in [0.15, 0.2) is 0 Å². The predicted molar refractivity (Wildman–Crippen MR) is 257 cm³/mol. The molecule has 65 heavy (non-hydrogen) atoms. The summed E-state index contributed by atoms with van der Waals surface area (Å²) in [6.07, 6.45) is 31.3. The molecule has 4 atom stereocenters. The first-order chi connectivity index (χ1) is 31.4. The zero-order valence-corrected chi connectivity index (χ0v) is 41.0. The molecule has 0 aliphatic heterocycles. The van der Waals surface area contributed by atoms with Crippen molar-refractivity contribution < 1.29 is 53.6 Å². The highest BCUT2D eigenvalue weighted by atomic mass is 32.2. The van der Waals surface area contributed by atoms with E-state index in [4.69, 9.17) is 10.5 Å². The maximum atomic E-state index is 13.5. The van der Waals surface area contributed by atoms with Gasteiger partial charge in [0.05, 0.1) is 26.2 Å². The van der Waals surface area contributed by atoms with Gasteiger partial charge >= 0.3 is 11.9 Å². The predicted octanol–water partition coefficient (Wildman–Crippen LogP) is 6.50. The molecule has 16 nitrogen and oxygen atoms in total. The lowest BCUT2D eigenvalue weighted by molar-refractivity contribution is -0.144. The van der Waals surface area contributed by atoms with E-state index in [0.29, 0.717) is 25.0 Å². The van der Waals surface area contributed by atoms with Gasteiger partial charge in [-0.25, -0.2) is 4.79 Å². The maximum Gasteiger partial charge on any atom is 0.326 e. The van der Waals surface area contributed by atoms with Gasteiger partial charge in [-0.2, -0.15) is 11.8 Å². The maximum absolute atomic E-state index is 13.5. The summed E-state index contributed by atoms with van der Waals surface area (Å²) in [5.41, 5.74) is 5.05. The lowest BCUT2D eigenvalue weighted by atomic mass is 10.0. The van der Waals surface area contributed by atoms with Crippen molar-refractivity contribution in [1.82, 2.24) is 21.3 Å². The Morgan fingerprint density at radius 1 is 0.492 bits per heavy atom. The fraction of sp³-hybridized carbons (Fsp3) is 0.854. The first-order valence-corrected chi connectivity index (χ1v) is 26.2. The Morgan fingerprint density at radius 2 is 0.862 bits per heavy atom. The van der Waals surface area contributed by atoms with Gasteiger partial charge in [0.25, 0.3) is 0 Å². The number of unbranched alkanes of at least 4 members (excludes halogenated alkanes) is 24. The number of carboxylic acids is 1. The number of carboxylic acid groups (broad SMARTS) is 1. The number of rotatable bonds is 46. The summed E-state index contributed by atoms with van der Waals surface area (Å²) in [7, 11) is 0. The van der Waals surface area contributed by atoms with Crippen molar-refractivity contribution in [1.29, 1.82) is 0 Å². The highest BCUT2D eigenvalue weighted by Gasteiger charge is 2.31. The van der Waals surface area contributed by atoms with Gasteiger partial charge < -0.3 is 47.1 Å². The van der Waals surface area contributed by atoms with Crippen LogP contribution in [-0.4, -0.2) is 112 Å². The van der Waals surface area contributed by atoms with Crippen LogP contribution in [0.3, 0.4) is 0 Å². The molecule has 0 bridgehead atoms. The topological polar surface area (TPSA) is 264 Å². The van der Waals surface area contributed by atoms with Crippen molar-refractivity contribution in [3.05, 3.63) is 0 Å². The Hall–Kier alpha value is -3.44. The smallest absolute Gasteiger partial charge is 0.326 e. The second-order valence-corrected chi connectivity index (χ2v) is 18.5. The number of hydrogen-bond donors (Lipinski definition) is 8. The van der Waals surface area contributed by atoms with Crippen LogP contribution >= 0.6 is 11.8 Å². The number of carbonyl (C=O) groups is 7. The van der Waals surface area contributed by atoms with E-state index >= 15 is 0 Å². The number of ether oxygens (including phenoxy) is 1. The third-order valence-electron chi connectivity index (χ3n) is 11.3.